The molecule has 0 aliphatic heterocycles. The van der Waals surface area contributed by atoms with Crippen LogP contribution < -0.4 is 19.5 Å². The number of carbonyl (C=O) groups excluding carboxylic acids is 1. The molecule has 0 aliphatic rings. The largest absolute Gasteiger partial charge is 0.497 e. The van der Waals surface area contributed by atoms with Crippen LogP contribution in [0.1, 0.15) is 15.9 Å². The van der Waals surface area contributed by atoms with E-state index in [0.717, 1.165) is 12.1 Å². The van der Waals surface area contributed by atoms with Gasteiger partial charge in [0, 0.05) is 11.6 Å². The van der Waals surface area contributed by atoms with Crippen molar-refractivity contribution in [2.45, 2.75) is 6.18 Å². The Hall–Kier alpha value is -3.34. The number of nitrogens with one attached hydrogen (secondary N) is 1. The van der Waals surface area contributed by atoms with Crippen LogP contribution in [0.5, 0.6) is 17.2 Å². The molecule has 0 heterocycles. The third kappa shape index (κ3) is 6.13. The Balaban J connectivity index is 1.85. The molecule has 0 aliphatic carbocycles. The zero-order valence-electron chi connectivity index (χ0n) is 15.2. The number of amides is 1. The molecule has 0 spiro atoms. The SMILES string of the molecule is COc1cc(OC)cc(C(=O)NCC#CCOc2cccc(C(F)(F)F)c2)c1. The van der Waals surface area contributed by atoms with Crippen LogP contribution in [-0.2, 0) is 6.18 Å². The van der Waals surface area contributed by atoms with Crippen LogP contribution in [0.3, 0.4) is 0 Å². The molecule has 1 amide bonds. The number of rotatable bonds is 6. The maximum absolute atomic E-state index is 12.6. The Labute approximate surface area is 160 Å². The fourth-order valence-corrected chi connectivity index (χ4v) is 2.16. The molecular weight excluding hydrogens is 375 g/mol. The third-order valence-corrected chi connectivity index (χ3v) is 3.55. The first-order valence-corrected chi connectivity index (χ1v) is 8.10. The van der Waals surface area contributed by atoms with Crippen LogP contribution in [0.25, 0.3) is 0 Å². The van der Waals surface area contributed by atoms with Gasteiger partial charge in [0.2, 0.25) is 0 Å². The zero-order valence-corrected chi connectivity index (χ0v) is 15.2. The average Bonchev–Trinajstić information content (AvgIpc) is 2.69. The van der Waals surface area contributed by atoms with Gasteiger partial charge in [0.1, 0.15) is 23.9 Å². The molecule has 0 bridgehead atoms. The molecule has 0 aromatic heterocycles. The van der Waals surface area contributed by atoms with Crippen molar-refractivity contribution in [2.24, 2.45) is 0 Å². The molecule has 2 rings (SSSR count). The standard InChI is InChI=1S/C20H18F3NO4/c1-26-17-10-14(11-18(13-17)27-2)19(25)24-8-3-4-9-28-16-7-5-6-15(12-16)20(21,22)23/h5-7,10-13H,8-9H2,1-2H3,(H,24,25). The van der Waals surface area contributed by atoms with E-state index in [0.29, 0.717) is 17.1 Å². The summed E-state index contributed by atoms with van der Waals surface area (Å²) in [5, 5.41) is 2.60. The molecular formula is C20H18F3NO4. The monoisotopic (exact) mass is 393 g/mol. The van der Waals surface area contributed by atoms with Crippen molar-refractivity contribution in [3.05, 3.63) is 53.6 Å². The second kappa shape index (κ2) is 9.55. The molecule has 2 aromatic rings. The highest BCUT2D eigenvalue weighted by atomic mass is 19.4. The minimum atomic E-state index is -4.43. The molecule has 2 aromatic carbocycles. The summed E-state index contributed by atoms with van der Waals surface area (Å²) in [7, 11) is 2.96. The molecule has 0 saturated heterocycles. The van der Waals surface area contributed by atoms with Crippen molar-refractivity contribution < 1.29 is 32.2 Å². The minimum Gasteiger partial charge on any atom is -0.497 e. The van der Waals surface area contributed by atoms with Crippen molar-refractivity contribution in [3.63, 3.8) is 0 Å². The van der Waals surface area contributed by atoms with Crippen molar-refractivity contribution in [1.29, 1.82) is 0 Å². The second-order valence-corrected chi connectivity index (χ2v) is 5.45. The van der Waals surface area contributed by atoms with Crippen molar-refractivity contribution in [3.8, 4) is 29.1 Å². The summed E-state index contributed by atoms with van der Waals surface area (Å²) in [6.45, 7) is -0.0610. The van der Waals surface area contributed by atoms with E-state index >= 15 is 0 Å². The van der Waals surface area contributed by atoms with Gasteiger partial charge in [0.05, 0.1) is 26.3 Å². The minimum absolute atomic E-state index is 0.0459. The normalized spacial score (nSPS) is 10.5. The maximum atomic E-state index is 12.6. The fraction of sp³-hybridized carbons (Fsp3) is 0.250. The van der Waals surface area contributed by atoms with Crippen LogP contribution in [0.15, 0.2) is 42.5 Å². The second-order valence-electron chi connectivity index (χ2n) is 5.45. The topological polar surface area (TPSA) is 56.8 Å². The Kier molecular flexibility index (Phi) is 7.15. The summed E-state index contributed by atoms with van der Waals surface area (Å²) in [5.41, 5.74) is -0.447. The van der Waals surface area contributed by atoms with Gasteiger partial charge in [-0.1, -0.05) is 17.9 Å². The number of carbonyl (C=O) groups is 1. The first-order chi connectivity index (χ1) is 13.3. The van der Waals surface area contributed by atoms with Gasteiger partial charge in [0.25, 0.3) is 5.91 Å². The number of methoxy groups -OCH3 is 2. The summed E-state index contributed by atoms with van der Waals surface area (Å²) in [5.74, 6) is 5.94. The fourth-order valence-electron chi connectivity index (χ4n) is 2.16. The number of hydrogen-bond donors (Lipinski definition) is 1. The molecule has 28 heavy (non-hydrogen) atoms. The van der Waals surface area contributed by atoms with Gasteiger partial charge in [-0.25, -0.2) is 0 Å². The average molecular weight is 393 g/mol. The van der Waals surface area contributed by atoms with Crippen LogP contribution >= 0.6 is 0 Å². The lowest BCUT2D eigenvalue weighted by Crippen LogP contribution is -2.23. The lowest BCUT2D eigenvalue weighted by molar-refractivity contribution is -0.137. The van der Waals surface area contributed by atoms with Gasteiger partial charge >= 0.3 is 6.18 Å². The van der Waals surface area contributed by atoms with Gasteiger partial charge in [-0.15, -0.1) is 0 Å². The lowest BCUT2D eigenvalue weighted by atomic mass is 10.2. The van der Waals surface area contributed by atoms with E-state index < -0.39 is 11.7 Å². The molecule has 0 unspecified atom stereocenters. The Morgan fingerprint density at radius 2 is 1.68 bits per heavy atom. The van der Waals surface area contributed by atoms with E-state index in [2.05, 4.69) is 17.2 Å². The Morgan fingerprint density at radius 1 is 1.00 bits per heavy atom. The predicted octanol–water partition coefficient (Wildman–Crippen LogP) is 3.53. The Bertz CT molecular complexity index is 863. The van der Waals surface area contributed by atoms with Gasteiger partial charge in [-0.3, -0.25) is 4.79 Å². The highest BCUT2D eigenvalue weighted by Gasteiger charge is 2.30. The van der Waals surface area contributed by atoms with E-state index in [9.17, 15) is 18.0 Å². The molecule has 0 atom stereocenters. The third-order valence-electron chi connectivity index (χ3n) is 3.55. The van der Waals surface area contributed by atoms with Crippen LogP contribution in [0.4, 0.5) is 13.2 Å². The molecule has 0 saturated carbocycles. The quantitative estimate of drug-likeness (QED) is 0.763. The van der Waals surface area contributed by atoms with Gasteiger partial charge in [0.15, 0.2) is 0 Å². The molecule has 5 nitrogen and oxygen atoms in total. The van der Waals surface area contributed by atoms with Gasteiger partial charge < -0.3 is 19.5 Å². The van der Waals surface area contributed by atoms with E-state index in [1.807, 2.05) is 0 Å². The number of hydrogen-bond acceptors (Lipinski definition) is 4. The first kappa shape index (κ1) is 21.0. The van der Waals surface area contributed by atoms with Gasteiger partial charge in [-0.05, 0) is 30.3 Å². The molecule has 0 radical (unpaired) electrons. The summed E-state index contributed by atoms with van der Waals surface area (Å²) < 4.78 is 53.3. The van der Waals surface area contributed by atoms with E-state index in [1.54, 1.807) is 18.2 Å². The summed E-state index contributed by atoms with van der Waals surface area (Å²) in [6, 6.07) is 9.29. The molecule has 0 fully saturated rings. The summed E-state index contributed by atoms with van der Waals surface area (Å²) >= 11 is 0. The number of alkyl halides is 3. The maximum Gasteiger partial charge on any atom is 0.416 e. The van der Waals surface area contributed by atoms with Crippen LogP contribution in [0.2, 0.25) is 0 Å². The van der Waals surface area contributed by atoms with Crippen molar-refractivity contribution in [1.82, 2.24) is 5.32 Å². The summed E-state index contributed by atoms with van der Waals surface area (Å²) in [4.78, 5) is 12.1. The van der Waals surface area contributed by atoms with Crippen molar-refractivity contribution in [2.75, 3.05) is 27.4 Å². The predicted molar refractivity (Wildman–Crippen MR) is 96.6 cm³/mol. The highest BCUT2D eigenvalue weighted by molar-refractivity contribution is 5.95. The first-order valence-electron chi connectivity index (χ1n) is 8.10. The van der Waals surface area contributed by atoms with E-state index in [4.69, 9.17) is 14.2 Å². The van der Waals surface area contributed by atoms with Crippen LogP contribution in [-0.4, -0.2) is 33.3 Å². The highest BCUT2D eigenvalue weighted by Crippen LogP contribution is 2.31. The number of ether oxygens (including phenoxy) is 3. The number of benzene rings is 2. The van der Waals surface area contributed by atoms with Crippen molar-refractivity contribution >= 4 is 5.91 Å². The van der Waals surface area contributed by atoms with E-state index in [1.165, 1.54) is 26.4 Å². The smallest absolute Gasteiger partial charge is 0.416 e. The van der Waals surface area contributed by atoms with E-state index in [-0.39, 0.29) is 24.8 Å². The van der Waals surface area contributed by atoms with Crippen LogP contribution in [0, 0.1) is 11.8 Å². The summed E-state index contributed by atoms with van der Waals surface area (Å²) in [6.07, 6.45) is -4.43. The van der Waals surface area contributed by atoms with Gasteiger partial charge in [-0.2, -0.15) is 13.2 Å². The lowest BCUT2D eigenvalue weighted by Gasteiger charge is -2.08. The zero-order chi connectivity index (χ0) is 20.6. The Morgan fingerprint density at radius 3 is 2.29 bits per heavy atom. The molecule has 8 heteroatoms. The molecule has 148 valence electrons. The molecule has 1 N–H and O–H groups in total. The number of halogens is 3.